The first-order valence-corrected chi connectivity index (χ1v) is 8.98. The van der Waals surface area contributed by atoms with Gasteiger partial charge < -0.3 is 9.64 Å². The summed E-state index contributed by atoms with van der Waals surface area (Å²) in [6.07, 6.45) is 0. The number of morpholine rings is 1. The highest BCUT2D eigenvalue weighted by atomic mass is 32.2. The van der Waals surface area contributed by atoms with E-state index in [1.807, 2.05) is 12.1 Å². The van der Waals surface area contributed by atoms with Crippen LogP contribution in [0.15, 0.2) is 29.2 Å². The van der Waals surface area contributed by atoms with Crippen LogP contribution in [0.2, 0.25) is 0 Å². The summed E-state index contributed by atoms with van der Waals surface area (Å²) in [4.78, 5) is 1.72. The molecular weight excluding hydrogens is 288 g/mol. The van der Waals surface area contributed by atoms with E-state index < -0.39 is 10.0 Å². The fraction of sp³-hybridized carbons (Fsp3) is 0.600. The van der Waals surface area contributed by atoms with Crippen molar-refractivity contribution in [1.82, 2.24) is 4.72 Å². The molecule has 21 heavy (non-hydrogen) atoms. The molecule has 1 aliphatic heterocycles. The predicted molar refractivity (Wildman–Crippen MR) is 82.1 cm³/mol. The maximum atomic E-state index is 12.2. The van der Waals surface area contributed by atoms with Crippen molar-refractivity contribution < 1.29 is 18.1 Å². The van der Waals surface area contributed by atoms with Crippen LogP contribution in [0, 0.1) is 0 Å². The standard InChI is InChI=1S/C15H24N2O3S/c1-13(2)14-3-5-15(6-4-14)21(18,19)16-7-8-17-9-11-20-12-10-17/h3-6,13,16H,7-12H2,1-2H3/p+1. The van der Waals surface area contributed by atoms with E-state index in [4.69, 9.17) is 4.74 Å². The van der Waals surface area contributed by atoms with Crippen LogP contribution in [0.25, 0.3) is 0 Å². The van der Waals surface area contributed by atoms with E-state index in [-0.39, 0.29) is 0 Å². The van der Waals surface area contributed by atoms with Crippen LogP contribution in [0.4, 0.5) is 0 Å². The second-order valence-corrected chi connectivity index (χ2v) is 7.50. The first kappa shape index (κ1) is 16.4. The zero-order valence-electron chi connectivity index (χ0n) is 12.8. The van der Waals surface area contributed by atoms with E-state index in [2.05, 4.69) is 18.6 Å². The lowest BCUT2D eigenvalue weighted by Crippen LogP contribution is -3.14. The van der Waals surface area contributed by atoms with Crippen molar-refractivity contribution in [2.75, 3.05) is 39.4 Å². The number of hydrogen-bond donors (Lipinski definition) is 2. The molecule has 0 bridgehead atoms. The van der Waals surface area contributed by atoms with Crippen molar-refractivity contribution in [3.05, 3.63) is 29.8 Å². The minimum absolute atomic E-state index is 0.337. The summed E-state index contributed by atoms with van der Waals surface area (Å²) in [5.41, 5.74) is 1.15. The van der Waals surface area contributed by atoms with Crippen molar-refractivity contribution >= 4 is 10.0 Å². The third-order valence-corrected chi connectivity index (χ3v) is 5.30. The number of ether oxygens (including phenoxy) is 1. The Bertz CT molecular complexity index is 535. The van der Waals surface area contributed by atoms with Gasteiger partial charge in [-0.1, -0.05) is 26.0 Å². The van der Waals surface area contributed by atoms with Crippen LogP contribution in [-0.4, -0.2) is 47.8 Å². The molecule has 6 heteroatoms. The SMILES string of the molecule is CC(C)c1ccc(S(=O)(=O)NCC[NH+]2CCOCC2)cc1. The highest BCUT2D eigenvalue weighted by Crippen LogP contribution is 2.16. The molecule has 5 nitrogen and oxygen atoms in total. The second-order valence-electron chi connectivity index (χ2n) is 5.73. The summed E-state index contributed by atoms with van der Waals surface area (Å²) in [7, 11) is -3.40. The van der Waals surface area contributed by atoms with Crippen LogP contribution in [0.3, 0.4) is 0 Å². The van der Waals surface area contributed by atoms with E-state index in [0.717, 1.165) is 38.4 Å². The van der Waals surface area contributed by atoms with Gasteiger partial charge in [0, 0.05) is 0 Å². The lowest BCUT2D eigenvalue weighted by molar-refractivity contribution is -0.906. The van der Waals surface area contributed by atoms with Gasteiger partial charge >= 0.3 is 0 Å². The largest absolute Gasteiger partial charge is 0.370 e. The molecule has 1 aromatic carbocycles. The zero-order chi connectivity index (χ0) is 15.3. The third-order valence-electron chi connectivity index (χ3n) is 3.83. The van der Waals surface area contributed by atoms with Gasteiger partial charge in [0.2, 0.25) is 10.0 Å². The molecule has 1 saturated heterocycles. The molecule has 1 aromatic rings. The molecule has 0 aromatic heterocycles. The number of nitrogens with one attached hydrogen (secondary N) is 2. The minimum atomic E-state index is -3.40. The highest BCUT2D eigenvalue weighted by Gasteiger charge is 2.17. The second kappa shape index (κ2) is 7.35. The fourth-order valence-corrected chi connectivity index (χ4v) is 3.42. The number of hydrogen-bond acceptors (Lipinski definition) is 3. The maximum Gasteiger partial charge on any atom is 0.240 e. The first-order valence-electron chi connectivity index (χ1n) is 7.50. The van der Waals surface area contributed by atoms with Crippen molar-refractivity contribution in [2.24, 2.45) is 0 Å². The molecule has 1 fully saturated rings. The quantitative estimate of drug-likeness (QED) is 0.777. The average Bonchev–Trinajstić information content (AvgIpc) is 2.48. The van der Waals surface area contributed by atoms with Gasteiger partial charge in [-0.05, 0) is 23.6 Å². The van der Waals surface area contributed by atoms with E-state index in [1.165, 1.54) is 4.90 Å². The normalized spacial score (nSPS) is 17.3. The van der Waals surface area contributed by atoms with E-state index >= 15 is 0 Å². The van der Waals surface area contributed by atoms with Crippen molar-refractivity contribution in [2.45, 2.75) is 24.7 Å². The average molecular weight is 313 g/mol. The Labute approximate surface area is 127 Å². The van der Waals surface area contributed by atoms with Gasteiger partial charge in [0.1, 0.15) is 13.1 Å². The Morgan fingerprint density at radius 2 is 1.81 bits per heavy atom. The Morgan fingerprint density at radius 3 is 2.38 bits per heavy atom. The number of quaternary nitrogens is 1. The molecule has 0 spiro atoms. The smallest absolute Gasteiger partial charge is 0.240 e. The molecule has 0 aliphatic carbocycles. The lowest BCUT2D eigenvalue weighted by Gasteiger charge is -2.23. The number of rotatable bonds is 6. The minimum Gasteiger partial charge on any atom is -0.370 e. The fourth-order valence-electron chi connectivity index (χ4n) is 2.39. The molecular formula is C15H25N2O3S+. The molecule has 1 aliphatic rings. The summed E-state index contributed by atoms with van der Waals surface area (Å²) in [5, 5.41) is 0. The summed E-state index contributed by atoms with van der Waals surface area (Å²) in [6.45, 7) is 8.86. The monoisotopic (exact) mass is 313 g/mol. The van der Waals surface area contributed by atoms with Gasteiger partial charge in [-0.15, -0.1) is 0 Å². The molecule has 1 heterocycles. The summed E-state index contributed by atoms with van der Waals surface area (Å²) in [6, 6.07) is 7.12. The molecule has 2 rings (SSSR count). The Hall–Kier alpha value is -0.950. The van der Waals surface area contributed by atoms with Gasteiger partial charge in [-0.2, -0.15) is 0 Å². The molecule has 2 N–H and O–H groups in total. The molecule has 118 valence electrons. The van der Waals surface area contributed by atoms with Gasteiger partial charge in [0.05, 0.1) is 31.2 Å². The Balaban J connectivity index is 1.88. The van der Waals surface area contributed by atoms with Gasteiger partial charge in [-0.3, -0.25) is 0 Å². The number of sulfonamides is 1. The molecule has 0 amide bonds. The Kier molecular flexibility index (Phi) is 5.75. The van der Waals surface area contributed by atoms with Gasteiger partial charge in [0.25, 0.3) is 0 Å². The van der Waals surface area contributed by atoms with Crippen LogP contribution in [-0.2, 0) is 14.8 Å². The molecule has 0 saturated carbocycles. The first-order chi connectivity index (χ1) is 9.99. The molecule has 0 radical (unpaired) electrons. The van der Waals surface area contributed by atoms with E-state index in [9.17, 15) is 8.42 Å². The summed E-state index contributed by atoms with van der Waals surface area (Å²) >= 11 is 0. The predicted octanol–water partition coefficient (Wildman–Crippen LogP) is 0.00340. The number of benzene rings is 1. The summed E-state index contributed by atoms with van der Waals surface area (Å²) < 4.78 is 32.4. The van der Waals surface area contributed by atoms with Crippen LogP contribution < -0.4 is 9.62 Å². The van der Waals surface area contributed by atoms with E-state index in [1.54, 1.807) is 12.1 Å². The maximum absolute atomic E-state index is 12.2. The van der Waals surface area contributed by atoms with Crippen molar-refractivity contribution in [1.29, 1.82) is 0 Å². The lowest BCUT2D eigenvalue weighted by atomic mass is 10.0. The van der Waals surface area contributed by atoms with Gasteiger partial charge in [0.15, 0.2) is 0 Å². The van der Waals surface area contributed by atoms with Crippen LogP contribution in [0.5, 0.6) is 0 Å². The third kappa shape index (κ3) is 4.78. The van der Waals surface area contributed by atoms with E-state index in [0.29, 0.717) is 17.4 Å². The Morgan fingerprint density at radius 1 is 1.19 bits per heavy atom. The summed E-state index contributed by atoms with van der Waals surface area (Å²) in [5.74, 6) is 0.402. The molecule has 0 unspecified atom stereocenters. The van der Waals surface area contributed by atoms with Crippen LogP contribution >= 0.6 is 0 Å². The van der Waals surface area contributed by atoms with Crippen LogP contribution in [0.1, 0.15) is 25.3 Å². The van der Waals surface area contributed by atoms with Crippen molar-refractivity contribution in [3.63, 3.8) is 0 Å². The highest BCUT2D eigenvalue weighted by molar-refractivity contribution is 7.89. The zero-order valence-corrected chi connectivity index (χ0v) is 13.6. The van der Waals surface area contributed by atoms with Gasteiger partial charge in [-0.25, -0.2) is 13.1 Å². The topological polar surface area (TPSA) is 59.8 Å². The molecule has 0 atom stereocenters. The van der Waals surface area contributed by atoms with Crippen molar-refractivity contribution in [3.8, 4) is 0 Å².